The van der Waals surface area contributed by atoms with E-state index in [0.29, 0.717) is 6.07 Å². The Balaban J connectivity index is 2.94. The van der Waals surface area contributed by atoms with Gasteiger partial charge in [-0.05, 0) is 12.1 Å². The molecule has 0 atom stereocenters. The molecule has 108 valence electrons. The molecule has 0 saturated heterocycles. The lowest BCUT2D eigenvalue weighted by atomic mass is 10.1. The molecule has 0 aliphatic carbocycles. The number of H-pyrrole nitrogens is 1. The number of benzene rings is 1. The van der Waals surface area contributed by atoms with Crippen molar-refractivity contribution in [3.63, 3.8) is 0 Å². The molecule has 20 heavy (non-hydrogen) atoms. The lowest BCUT2D eigenvalue weighted by molar-refractivity contribution is -0.145. The number of aromatic nitrogens is 2. The van der Waals surface area contributed by atoms with E-state index in [1.807, 2.05) is 0 Å². The second-order valence-corrected chi connectivity index (χ2v) is 4.20. The van der Waals surface area contributed by atoms with E-state index in [0.717, 1.165) is 6.07 Å². The maximum atomic E-state index is 12.8. The number of alkyl halides is 6. The number of halogens is 7. The molecule has 1 heterocycles. The van der Waals surface area contributed by atoms with Crippen molar-refractivity contribution in [1.82, 2.24) is 9.97 Å². The van der Waals surface area contributed by atoms with Crippen molar-refractivity contribution in [1.29, 1.82) is 0 Å². The standard InChI is InChI=1S/C10H3ClF6N2O/c11-3-1-4-6(5(2-3)9(12,13)14)18-8(10(15,16)17)19-7(4)20/h1-2H,(H,18,19,20). The third kappa shape index (κ3) is 2.58. The lowest BCUT2D eigenvalue weighted by Gasteiger charge is -2.12. The van der Waals surface area contributed by atoms with E-state index in [1.54, 1.807) is 0 Å². The first-order valence-electron chi connectivity index (χ1n) is 4.88. The highest BCUT2D eigenvalue weighted by Crippen LogP contribution is 2.36. The SMILES string of the molecule is O=c1[nH]c(C(F)(F)F)nc2c(C(F)(F)F)cc(Cl)cc12. The van der Waals surface area contributed by atoms with Gasteiger partial charge in [0.1, 0.15) is 0 Å². The Labute approximate surface area is 111 Å². The Bertz CT molecular complexity index is 733. The third-order valence-corrected chi connectivity index (χ3v) is 2.57. The van der Waals surface area contributed by atoms with E-state index in [-0.39, 0.29) is 0 Å². The second-order valence-electron chi connectivity index (χ2n) is 3.76. The van der Waals surface area contributed by atoms with Crippen LogP contribution in [0.4, 0.5) is 26.3 Å². The fourth-order valence-corrected chi connectivity index (χ4v) is 1.78. The summed E-state index contributed by atoms with van der Waals surface area (Å²) < 4.78 is 75.7. The lowest BCUT2D eigenvalue weighted by Crippen LogP contribution is -2.21. The van der Waals surface area contributed by atoms with Crippen molar-refractivity contribution in [3.8, 4) is 0 Å². The zero-order valence-corrected chi connectivity index (χ0v) is 9.91. The fourth-order valence-electron chi connectivity index (χ4n) is 1.56. The Hall–Kier alpha value is -1.77. The summed E-state index contributed by atoms with van der Waals surface area (Å²) in [7, 11) is 0. The molecule has 1 aromatic heterocycles. The highest BCUT2D eigenvalue weighted by Gasteiger charge is 2.38. The number of nitrogens with zero attached hydrogens (tertiary/aromatic N) is 1. The van der Waals surface area contributed by atoms with Crippen LogP contribution in [-0.2, 0) is 12.4 Å². The van der Waals surface area contributed by atoms with Crippen LogP contribution in [-0.4, -0.2) is 9.97 Å². The first-order chi connectivity index (χ1) is 9.00. The van der Waals surface area contributed by atoms with Crippen LogP contribution in [0.5, 0.6) is 0 Å². The molecular formula is C10H3ClF6N2O. The summed E-state index contributed by atoms with van der Waals surface area (Å²) in [6.45, 7) is 0. The molecule has 3 nitrogen and oxygen atoms in total. The van der Waals surface area contributed by atoms with Gasteiger partial charge in [-0.25, -0.2) is 4.98 Å². The van der Waals surface area contributed by atoms with Gasteiger partial charge in [0.25, 0.3) is 5.56 Å². The maximum absolute atomic E-state index is 12.8. The number of nitrogens with one attached hydrogen (secondary N) is 1. The summed E-state index contributed by atoms with van der Waals surface area (Å²) in [6.07, 6.45) is -10.1. The van der Waals surface area contributed by atoms with Gasteiger partial charge in [-0.3, -0.25) is 4.79 Å². The van der Waals surface area contributed by atoms with Gasteiger partial charge in [0.05, 0.1) is 16.5 Å². The van der Waals surface area contributed by atoms with Crippen LogP contribution < -0.4 is 5.56 Å². The minimum atomic E-state index is -5.07. The van der Waals surface area contributed by atoms with Gasteiger partial charge in [-0.2, -0.15) is 26.3 Å². The number of rotatable bonds is 0. The summed E-state index contributed by atoms with van der Waals surface area (Å²) in [5, 5.41) is -1.10. The molecule has 0 unspecified atom stereocenters. The number of aromatic amines is 1. The van der Waals surface area contributed by atoms with Crippen LogP contribution in [0.1, 0.15) is 11.4 Å². The Morgan fingerprint density at radius 1 is 1.05 bits per heavy atom. The third-order valence-electron chi connectivity index (χ3n) is 2.35. The van der Waals surface area contributed by atoms with Crippen LogP contribution in [0.2, 0.25) is 5.02 Å². The van der Waals surface area contributed by atoms with E-state index in [2.05, 4.69) is 4.98 Å². The predicted octanol–water partition coefficient (Wildman–Crippen LogP) is 3.61. The van der Waals surface area contributed by atoms with E-state index in [9.17, 15) is 31.1 Å². The first-order valence-corrected chi connectivity index (χ1v) is 5.26. The first kappa shape index (κ1) is 14.6. The number of fused-ring (bicyclic) bond motifs is 1. The summed E-state index contributed by atoms with van der Waals surface area (Å²) in [6, 6.07) is 1.23. The minimum absolute atomic E-state index is 0.413. The van der Waals surface area contributed by atoms with Crippen LogP contribution in [0, 0.1) is 0 Å². The van der Waals surface area contributed by atoms with Crippen molar-refractivity contribution >= 4 is 22.5 Å². The summed E-state index contributed by atoms with van der Waals surface area (Å²) in [5.74, 6) is -1.80. The topological polar surface area (TPSA) is 45.8 Å². The van der Waals surface area contributed by atoms with Crippen molar-refractivity contribution in [3.05, 3.63) is 38.9 Å². The van der Waals surface area contributed by atoms with Crippen molar-refractivity contribution in [2.45, 2.75) is 12.4 Å². The van der Waals surface area contributed by atoms with Gasteiger partial charge in [0, 0.05) is 5.02 Å². The highest BCUT2D eigenvalue weighted by atomic mass is 35.5. The predicted molar refractivity (Wildman–Crippen MR) is 57.4 cm³/mol. The highest BCUT2D eigenvalue weighted by molar-refractivity contribution is 6.31. The minimum Gasteiger partial charge on any atom is -0.302 e. The van der Waals surface area contributed by atoms with Crippen molar-refractivity contribution in [2.75, 3.05) is 0 Å². The van der Waals surface area contributed by atoms with E-state index in [1.165, 1.54) is 4.98 Å². The van der Waals surface area contributed by atoms with Gasteiger partial charge < -0.3 is 4.98 Å². The van der Waals surface area contributed by atoms with Gasteiger partial charge in [-0.15, -0.1) is 0 Å². The zero-order valence-electron chi connectivity index (χ0n) is 9.16. The smallest absolute Gasteiger partial charge is 0.302 e. The maximum Gasteiger partial charge on any atom is 0.449 e. The molecule has 0 aliphatic heterocycles. The normalized spacial score (nSPS) is 12.9. The molecular weight excluding hydrogens is 314 g/mol. The molecule has 1 N–H and O–H groups in total. The molecule has 0 fully saturated rings. The van der Waals surface area contributed by atoms with Gasteiger partial charge in [0.15, 0.2) is 0 Å². The largest absolute Gasteiger partial charge is 0.449 e. The molecule has 2 rings (SSSR count). The summed E-state index contributed by atoms with van der Waals surface area (Å²) in [4.78, 5) is 15.7. The van der Waals surface area contributed by atoms with Crippen LogP contribution in [0.25, 0.3) is 10.9 Å². The summed E-state index contributed by atoms with van der Waals surface area (Å²) >= 11 is 5.43. The second kappa shape index (κ2) is 4.37. The van der Waals surface area contributed by atoms with Crippen molar-refractivity contribution < 1.29 is 26.3 Å². The molecule has 0 spiro atoms. The molecule has 0 radical (unpaired) electrons. The quantitative estimate of drug-likeness (QED) is 0.755. The zero-order chi connectivity index (χ0) is 15.3. The van der Waals surface area contributed by atoms with E-state index >= 15 is 0 Å². The summed E-state index contributed by atoms with van der Waals surface area (Å²) in [5.41, 5.74) is -3.95. The number of hydrogen-bond acceptors (Lipinski definition) is 2. The molecule has 1 aromatic carbocycles. The molecule has 0 aliphatic rings. The van der Waals surface area contributed by atoms with Gasteiger partial charge in [-0.1, -0.05) is 11.6 Å². The molecule has 0 bridgehead atoms. The Kier molecular flexibility index (Phi) is 3.20. The number of hydrogen-bond donors (Lipinski definition) is 1. The average molecular weight is 317 g/mol. The van der Waals surface area contributed by atoms with Gasteiger partial charge >= 0.3 is 12.4 Å². The van der Waals surface area contributed by atoms with Gasteiger partial charge in [0.2, 0.25) is 5.82 Å². The van der Waals surface area contributed by atoms with E-state index < -0.39 is 45.2 Å². The molecule has 0 amide bonds. The molecule has 0 saturated carbocycles. The monoisotopic (exact) mass is 316 g/mol. The Morgan fingerprint density at radius 2 is 1.65 bits per heavy atom. The fraction of sp³-hybridized carbons (Fsp3) is 0.200. The van der Waals surface area contributed by atoms with E-state index in [4.69, 9.17) is 11.6 Å². The van der Waals surface area contributed by atoms with Crippen LogP contribution >= 0.6 is 11.6 Å². The molecule has 10 heteroatoms. The van der Waals surface area contributed by atoms with Crippen LogP contribution in [0.15, 0.2) is 16.9 Å². The average Bonchev–Trinajstić information content (AvgIpc) is 2.26. The Morgan fingerprint density at radius 3 is 2.15 bits per heavy atom. The van der Waals surface area contributed by atoms with Crippen LogP contribution in [0.3, 0.4) is 0 Å². The van der Waals surface area contributed by atoms with Crippen molar-refractivity contribution in [2.24, 2.45) is 0 Å². The molecule has 2 aromatic rings.